The Hall–Kier alpha value is -0.480. The van der Waals surface area contributed by atoms with Crippen molar-refractivity contribution in [3.8, 4) is 5.75 Å². The van der Waals surface area contributed by atoms with Crippen LogP contribution in [0.1, 0.15) is 5.56 Å². The number of hydrogen-bond donors (Lipinski definition) is 2. The van der Waals surface area contributed by atoms with Crippen molar-refractivity contribution in [2.24, 2.45) is 5.73 Å². The molecule has 15 heavy (non-hydrogen) atoms. The standard InChI is InChI=1S/C10H13ClN2O.ClH/c1-14-9-4-7(11)2-3-8(9)10(12)5-13-6-10;/h2-4,13H,5-6,12H2,1H3;1H. The zero-order valence-electron chi connectivity index (χ0n) is 8.42. The van der Waals surface area contributed by atoms with E-state index in [9.17, 15) is 0 Å². The van der Waals surface area contributed by atoms with Gasteiger partial charge in [0.25, 0.3) is 0 Å². The molecular weight excluding hydrogens is 235 g/mol. The van der Waals surface area contributed by atoms with E-state index < -0.39 is 0 Å². The molecule has 84 valence electrons. The molecular formula is C10H14Cl2N2O. The molecule has 1 aliphatic heterocycles. The van der Waals surface area contributed by atoms with Gasteiger partial charge in [-0.1, -0.05) is 17.7 Å². The van der Waals surface area contributed by atoms with Crippen LogP contribution >= 0.6 is 24.0 Å². The Labute approximate surface area is 100 Å². The van der Waals surface area contributed by atoms with Gasteiger partial charge in [-0.15, -0.1) is 12.4 Å². The van der Waals surface area contributed by atoms with Gasteiger partial charge in [0.05, 0.1) is 12.6 Å². The third-order valence-corrected chi connectivity index (χ3v) is 2.82. The number of hydrogen-bond acceptors (Lipinski definition) is 3. The van der Waals surface area contributed by atoms with Crippen LogP contribution in [0.5, 0.6) is 5.75 Å². The fourth-order valence-electron chi connectivity index (χ4n) is 1.66. The molecule has 0 aromatic heterocycles. The second kappa shape index (κ2) is 4.58. The highest BCUT2D eigenvalue weighted by Crippen LogP contribution is 2.32. The van der Waals surface area contributed by atoms with E-state index in [1.807, 2.05) is 12.1 Å². The molecule has 5 heteroatoms. The lowest BCUT2D eigenvalue weighted by molar-refractivity contribution is 0.274. The first kappa shape index (κ1) is 12.6. The molecule has 3 N–H and O–H groups in total. The third kappa shape index (κ3) is 2.21. The molecule has 0 aliphatic carbocycles. The highest BCUT2D eigenvalue weighted by molar-refractivity contribution is 6.30. The minimum Gasteiger partial charge on any atom is -0.496 e. The Morgan fingerprint density at radius 2 is 2.13 bits per heavy atom. The predicted octanol–water partition coefficient (Wildman–Crippen LogP) is 1.53. The van der Waals surface area contributed by atoms with Gasteiger partial charge in [-0.25, -0.2) is 0 Å². The quantitative estimate of drug-likeness (QED) is 0.835. The van der Waals surface area contributed by atoms with E-state index in [0.717, 1.165) is 24.4 Å². The van der Waals surface area contributed by atoms with Crippen molar-refractivity contribution in [3.05, 3.63) is 28.8 Å². The van der Waals surface area contributed by atoms with Crippen LogP contribution in [0.4, 0.5) is 0 Å². The van der Waals surface area contributed by atoms with Crippen molar-refractivity contribution in [2.75, 3.05) is 20.2 Å². The van der Waals surface area contributed by atoms with Gasteiger partial charge in [0.2, 0.25) is 0 Å². The first-order valence-electron chi connectivity index (χ1n) is 4.49. The minimum atomic E-state index is -0.296. The van der Waals surface area contributed by atoms with Crippen LogP contribution in [0.15, 0.2) is 18.2 Å². The Morgan fingerprint density at radius 3 is 2.60 bits per heavy atom. The largest absolute Gasteiger partial charge is 0.496 e. The number of nitrogens with two attached hydrogens (primary N) is 1. The van der Waals surface area contributed by atoms with Crippen LogP contribution in [0, 0.1) is 0 Å². The van der Waals surface area contributed by atoms with E-state index in [2.05, 4.69) is 5.32 Å². The summed E-state index contributed by atoms with van der Waals surface area (Å²) in [4.78, 5) is 0. The Morgan fingerprint density at radius 1 is 1.47 bits per heavy atom. The molecule has 0 bridgehead atoms. The number of rotatable bonds is 2. The molecule has 1 heterocycles. The van der Waals surface area contributed by atoms with Gasteiger partial charge in [-0.05, 0) is 12.1 Å². The van der Waals surface area contributed by atoms with Crippen molar-refractivity contribution in [3.63, 3.8) is 0 Å². The topological polar surface area (TPSA) is 47.3 Å². The number of ether oxygens (including phenoxy) is 1. The summed E-state index contributed by atoms with van der Waals surface area (Å²) in [6.45, 7) is 1.57. The second-order valence-electron chi connectivity index (χ2n) is 3.60. The lowest BCUT2D eigenvalue weighted by atomic mass is 9.85. The molecule has 0 atom stereocenters. The van der Waals surface area contributed by atoms with Gasteiger partial charge in [-0.3, -0.25) is 0 Å². The number of nitrogens with one attached hydrogen (secondary N) is 1. The van der Waals surface area contributed by atoms with E-state index in [0.29, 0.717) is 5.02 Å². The van der Waals surface area contributed by atoms with Crippen molar-refractivity contribution in [1.82, 2.24) is 5.32 Å². The summed E-state index contributed by atoms with van der Waals surface area (Å²) in [5, 5.41) is 3.82. The Kier molecular flexibility index (Phi) is 3.84. The first-order chi connectivity index (χ1) is 6.65. The van der Waals surface area contributed by atoms with Gasteiger partial charge in [0.15, 0.2) is 0 Å². The van der Waals surface area contributed by atoms with Crippen molar-refractivity contribution in [1.29, 1.82) is 0 Å². The van der Waals surface area contributed by atoms with Gasteiger partial charge in [-0.2, -0.15) is 0 Å². The number of halogens is 2. The molecule has 1 fully saturated rings. The van der Waals surface area contributed by atoms with E-state index in [4.69, 9.17) is 22.1 Å². The fourth-order valence-corrected chi connectivity index (χ4v) is 1.82. The maximum atomic E-state index is 6.17. The average Bonchev–Trinajstić information content (AvgIpc) is 2.14. The van der Waals surface area contributed by atoms with Gasteiger partial charge in [0.1, 0.15) is 5.75 Å². The summed E-state index contributed by atoms with van der Waals surface area (Å²) in [7, 11) is 1.63. The summed E-state index contributed by atoms with van der Waals surface area (Å²) < 4.78 is 5.26. The summed E-state index contributed by atoms with van der Waals surface area (Å²) in [6.07, 6.45) is 0. The van der Waals surface area contributed by atoms with Crippen molar-refractivity contribution in [2.45, 2.75) is 5.54 Å². The summed E-state index contributed by atoms with van der Waals surface area (Å²) in [6, 6.07) is 5.57. The molecule has 0 spiro atoms. The molecule has 0 unspecified atom stereocenters. The lowest BCUT2D eigenvalue weighted by Gasteiger charge is -2.40. The van der Waals surface area contributed by atoms with Crippen LogP contribution in [0.3, 0.4) is 0 Å². The molecule has 0 saturated carbocycles. The van der Waals surface area contributed by atoms with E-state index in [1.165, 1.54) is 0 Å². The lowest BCUT2D eigenvalue weighted by Crippen LogP contribution is -2.62. The van der Waals surface area contributed by atoms with Crippen LogP contribution in [0.2, 0.25) is 5.02 Å². The van der Waals surface area contributed by atoms with Crippen LogP contribution in [-0.4, -0.2) is 20.2 Å². The maximum absolute atomic E-state index is 6.17. The first-order valence-corrected chi connectivity index (χ1v) is 4.87. The number of methoxy groups -OCH3 is 1. The highest BCUT2D eigenvalue weighted by atomic mass is 35.5. The van der Waals surface area contributed by atoms with Crippen LogP contribution in [0.25, 0.3) is 0 Å². The third-order valence-electron chi connectivity index (χ3n) is 2.58. The Balaban J connectivity index is 0.00000112. The maximum Gasteiger partial charge on any atom is 0.125 e. The molecule has 1 aliphatic rings. The van der Waals surface area contributed by atoms with Crippen molar-refractivity contribution < 1.29 is 4.74 Å². The smallest absolute Gasteiger partial charge is 0.125 e. The highest BCUT2D eigenvalue weighted by Gasteiger charge is 2.36. The summed E-state index contributed by atoms with van der Waals surface area (Å²) >= 11 is 5.87. The molecule has 2 rings (SSSR count). The van der Waals surface area contributed by atoms with E-state index in [-0.39, 0.29) is 17.9 Å². The second-order valence-corrected chi connectivity index (χ2v) is 4.04. The van der Waals surface area contributed by atoms with E-state index in [1.54, 1.807) is 13.2 Å². The summed E-state index contributed by atoms with van der Waals surface area (Å²) in [5.41, 5.74) is 6.89. The van der Waals surface area contributed by atoms with Gasteiger partial charge in [0, 0.05) is 23.7 Å². The fraction of sp³-hybridized carbons (Fsp3) is 0.400. The van der Waals surface area contributed by atoms with E-state index >= 15 is 0 Å². The number of benzene rings is 1. The monoisotopic (exact) mass is 248 g/mol. The molecule has 3 nitrogen and oxygen atoms in total. The zero-order valence-corrected chi connectivity index (χ0v) is 9.99. The normalized spacial score (nSPS) is 17.5. The minimum absolute atomic E-state index is 0. The van der Waals surface area contributed by atoms with Gasteiger partial charge >= 0.3 is 0 Å². The average molecular weight is 249 g/mol. The SMILES string of the molecule is COc1cc(Cl)ccc1C1(N)CNC1.Cl. The molecule has 1 aromatic carbocycles. The van der Waals surface area contributed by atoms with Gasteiger partial charge < -0.3 is 15.8 Å². The molecule has 1 aromatic rings. The molecule has 1 saturated heterocycles. The molecule has 0 amide bonds. The zero-order chi connectivity index (χ0) is 10.2. The van der Waals surface area contributed by atoms with Crippen LogP contribution in [-0.2, 0) is 5.54 Å². The van der Waals surface area contributed by atoms with Crippen LogP contribution < -0.4 is 15.8 Å². The molecule has 0 radical (unpaired) electrons. The Bertz CT molecular complexity index is 353. The predicted molar refractivity (Wildman–Crippen MR) is 64.0 cm³/mol. The summed E-state index contributed by atoms with van der Waals surface area (Å²) in [5.74, 6) is 0.765. The van der Waals surface area contributed by atoms with Crippen molar-refractivity contribution >= 4 is 24.0 Å².